The number of hydrogen-bond acceptors (Lipinski definition) is 3. The normalized spacial score (nSPS) is 13.6. The molecule has 9 heavy (non-hydrogen) atoms. The summed E-state index contributed by atoms with van der Waals surface area (Å²) < 4.78 is 0. The summed E-state index contributed by atoms with van der Waals surface area (Å²) in [5.41, 5.74) is 0. The van der Waals surface area contributed by atoms with E-state index in [0.717, 1.165) is 0 Å². The maximum atomic E-state index is 4.89. The zero-order chi connectivity index (χ0) is 7.28. The highest BCUT2D eigenvalue weighted by Crippen LogP contribution is 1.87. The van der Waals surface area contributed by atoms with Crippen molar-refractivity contribution in [3.8, 4) is 0 Å². The SMILES string of the molecule is CC(N=NC(C)C)=NN. The molecule has 0 saturated heterocycles. The molecule has 52 valence electrons. The van der Waals surface area contributed by atoms with Gasteiger partial charge in [0, 0.05) is 0 Å². The highest BCUT2D eigenvalue weighted by Gasteiger charge is 1.85. The third-order valence-electron chi connectivity index (χ3n) is 0.620. The first kappa shape index (κ1) is 8.07. The Morgan fingerprint density at radius 1 is 1.44 bits per heavy atom. The van der Waals surface area contributed by atoms with Crippen LogP contribution in [0.4, 0.5) is 0 Å². The number of hydrogen-bond donors (Lipinski definition) is 1. The van der Waals surface area contributed by atoms with Crippen LogP contribution in [0.3, 0.4) is 0 Å². The second kappa shape index (κ2) is 4.00. The van der Waals surface area contributed by atoms with E-state index < -0.39 is 0 Å². The minimum absolute atomic E-state index is 0.210. The Kier molecular flexibility index (Phi) is 3.59. The molecule has 0 atom stereocenters. The predicted octanol–water partition coefficient (Wildman–Crippen LogP) is 1.14. The van der Waals surface area contributed by atoms with Gasteiger partial charge in [-0.3, -0.25) is 0 Å². The van der Waals surface area contributed by atoms with Gasteiger partial charge in [-0.25, -0.2) is 0 Å². The van der Waals surface area contributed by atoms with Gasteiger partial charge in [0.05, 0.1) is 6.04 Å². The lowest BCUT2D eigenvalue weighted by atomic mass is 10.4. The quantitative estimate of drug-likeness (QED) is 0.186. The number of nitrogens with zero attached hydrogens (tertiary/aromatic N) is 3. The molecule has 4 heteroatoms. The van der Waals surface area contributed by atoms with E-state index in [1.807, 2.05) is 13.8 Å². The molecule has 4 nitrogen and oxygen atoms in total. The number of rotatable bonds is 1. The van der Waals surface area contributed by atoms with Gasteiger partial charge in [0.15, 0.2) is 5.84 Å². The molecule has 2 N–H and O–H groups in total. The summed E-state index contributed by atoms with van der Waals surface area (Å²) in [6, 6.07) is 0.210. The van der Waals surface area contributed by atoms with Crippen LogP contribution in [0, 0.1) is 0 Å². The van der Waals surface area contributed by atoms with Crippen LogP contribution in [0.15, 0.2) is 15.3 Å². The van der Waals surface area contributed by atoms with E-state index >= 15 is 0 Å². The summed E-state index contributed by atoms with van der Waals surface area (Å²) >= 11 is 0. The zero-order valence-electron chi connectivity index (χ0n) is 6.00. The Morgan fingerprint density at radius 2 is 2.00 bits per heavy atom. The van der Waals surface area contributed by atoms with Gasteiger partial charge in [-0.2, -0.15) is 10.2 Å². The molecule has 0 bridgehead atoms. The van der Waals surface area contributed by atoms with Gasteiger partial charge in [0.25, 0.3) is 0 Å². The molecule has 0 aliphatic carbocycles. The number of hydrazone groups is 1. The van der Waals surface area contributed by atoms with Crippen molar-refractivity contribution in [1.29, 1.82) is 0 Å². The number of amidine groups is 1. The number of nitrogens with two attached hydrogens (primary N) is 1. The van der Waals surface area contributed by atoms with Crippen LogP contribution in [0.5, 0.6) is 0 Å². The fraction of sp³-hybridized carbons (Fsp3) is 0.800. The zero-order valence-corrected chi connectivity index (χ0v) is 6.00. The summed E-state index contributed by atoms with van der Waals surface area (Å²) in [4.78, 5) is 0. The van der Waals surface area contributed by atoms with Crippen LogP contribution >= 0.6 is 0 Å². The van der Waals surface area contributed by atoms with E-state index in [1.165, 1.54) is 0 Å². The van der Waals surface area contributed by atoms with E-state index in [4.69, 9.17) is 5.84 Å². The largest absolute Gasteiger partial charge is 0.321 e. The number of azo groups is 1. The monoisotopic (exact) mass is 128 g/mol. The highest BCUT2D eigenvalue weighted by atomic mass is 15.2. The molecule has 0 spiro atoms. The molecule has 0 amide bonds. The highest BCUT2D eigenvalue weighted by molar-refractivity contribution is 5.79. The third kappa shape index (κ3) is 4.93. The van der Waals surface area contributed by atoms with E-state index in [0.29, 0.717) is 5.84 Å². The van der Waals surface area contributed by atoms with E-state index in [9.17, 15) is 0 Å². The van der Waals surface area contributed by atoms with Crippen molar-refractivity contribution in [2.45, 2.75) is 26.8 Å². The van der Waals surface area contributed by atoms with E-state index in [1.54, 1.807) is 6.92 Å². The van der Waals surface area contributed by atoms with Crippen LogP contribution in [0.25, 0.3) is 0 Å². The van der Waals surface area contributed by atoms with Gasteiger partial charge in [-0.15, -0.1) is 5.11 Å². The molecule has 0 radical (unpaired) electrons. The van der Waals surface area contributed by atoms with Crippen molar-refractivity contribution in [3.63, 3.8) is 0 Å². The van der Waals surface area contributed by atoms with Gasteiger partial charge in [0.2, 0.25) is 0 Å². The summed E-state index contributed by atoms with van der Waals surface area (Å²) in [7, 11) is 0. The fourth-order valence-electron chi connectivity index (χ4n) is 0.225. The molecular formula is C5H12N4. The molecule has 0 saturated carbocycles. The van der Waals surface area contributed by atoms with Gasteiger partial charge < -0.3 is 5.84 Å². The summed E-state index contributed by atoms with van der Waals surface area (Å²) in [6.45, 7) is 5.58. The summed E-state index contributed by atoms with van der Waals surface area (Å²) in [5.74, 6) is 5.40. The average Bonchev–Trinajstić information content (AvgIpc) is 1.83. The Labute approximate surface area is 54.9 Å². The lowest BCUT2D eigenvalue weighted by Gasteiger charge is -1.90. The van der Waals surface area contributed by atoms with Crippen molar-refractivity contribution in [2.75, 3.05) is 0 Å². The Hall–Kier alpha value is -0.930. The molecular weight excluding hydrogens is 116 g/mol. The third-order valence-corrected chi connectivity index (χ3v) is 0.620. The van der Waals surface area contributed by atoms with Gasteiger partial charge in [-0.1, -0.05) is 0 Å². The molecule has 0 aliphatic heterocycles. The first-order valence-corrected chi connectivity index (χ1v) is 2.82. The molecule has 0 heterocycles. The fourth-order valence-corrected chi connectivity index (χ4v) is 0.225. The topological polar surface area (TPSA) is 63.1 Å². The summed E-state index contributed by atoms with van der Waals surface area (Å²) in [5, 5.41) is 10.8. The predicted molar refractivity (Wildman–Crippen MR) is 37.3 cm³/mol. The van der Waals surface area contributed by atoms with Crippen molar-refractivity contribution < 1.29 is 0 Å². The lowest BCUT2D eigenvalue weighted by molar-refractivity contribution is 0.783. The Morgan fingerprint density at radius 3 is 2.33 bits per heavy atom. The minimum atomic E-state index is 0.210. The summed E-state index contributed by atoms with van der Waals surface area (Å²) in [6.07, 6.45) is 0. The molecule has 0 aliphatic rings. The standard InChI is InChI=1S/C5H12N4/c1-4(2)8-9-5(3)7-6/h4H,6H2,1-3H3. The Bertz CT molecular complexity index is 125. The van der Waals surface area contributed by atoms with Crippen molar-refractivity contribution in [1.82, 2.24) is 0 Å². The molecule has 0 aromatic rings. The second-order valence-corrected chi connectivity index (χ2v) is 1.99. The van der Waals surface area contributed by atoms with Gasteiger partial charge in [-0.05, 0) is 20.8 Å². The molecule has 0 rings (SSSR count). The van der Waals surface area contributed by atoms with Crippen LogP contribution in [-0.4, -0.2) is 11.9 Å². The lowest BCUT2D eigenvalue weighted by Crippen LogP contribution is -1.93. The first-order valence-electron chi connectivity index (χ1n) is 2.82. The molecule has 0 fully saturated rings. The Balaban J connectivity index is 3.71. The first-order chi connectivity index (χ1) is 4.16. The van der Waals surface area contributed by atoms with Gasteiger partial charge in [0.1, 0.15) is 0 Å². The smallest absolute Gasteiger partial charge is 0.166 e. The van der Waals surface area contributed by atoms with Crippen LogP contribution in [-0.2, 0) is 0 Å². The van der Waals surface area contributed by atoms with Crippen molar-refractivity contribution in [3.05, 3.63) is 0 Å². The van der Waals surface area contributed by atoms with Crippen LogP contribution in [0.2, 0.25) is 0 Å². The minimum Gasteiger partial charge on any atom is -0.321 e. The van der Waals surface area contributed by atoms with Crippen molar-refractivity contribution in [2.24, 2.45) is 21.2 Å². The van der Waals surface area contributed by atoms with E-state index in [2.05, 4.69) is 15.3 Å². The maximum Gasteiger partial charge on any atom is 0.166 e. The van der Waals surface area contributed by atoms with Gasteiger partial charge >= 0.3 is 0 Å². The average molecular weight is 128 g/mol. The molecule has 0 aromatic carbocycles. The maximum absolute atomic E-state index is 4.89. The van der Waals surface area contributed by atoms with Crippen LogP contribution < -0.4 is 5.84 Å². The van der Waals surface area contributed by atoms with E-state index in [-0.39, 0.29) is 6.04 Å². The second-order valence-electron chi connectivity index (χ2n) is 1.99. The molecule has 0 aromatic heterocycles. The van der Waals surface area contributed by atoms with Crippen molar-refractivity contribution >= 4 is 5.84 Å². The molecule has 0 unspecified atom stereocenters. The van der Waals surface area contributed by atoms with Crippen LogP contribution in [0.1, 0.15) is 20.8 Å².